The van der Waals surface area contributed by atoms with E-state index in [9.17, 15) is 9.36 Å². The first-order valence-corrected chi connectivity index (χ1v) is 11.6. The lowest BCUT2D eigenvalue weighted by Crippen LogP contribution is -2.30. The number of ether oxygens (including phenoxy) is 1. The molecule has 166 valence electrons. The van der Waals surface area contributed by atoms with Gasteiger partial charge in [-0.05, 0) is 33.3 Å². The summed E-state index contributed by atoms with van der Waals surface area (Å²) in [6.45, 7) is 7.28. The van der Waals surface area contributed by atoms with Crippen LogP contribution in [0, 0.1) is 0 Å². The Morgan fingerprint density at radius 1 is 1.07 bits per heavy atom. The minimum absolute atomic E-state index is 0.00189. The molecule has 0 aliphatic heterocycles. The zero-order valence-corrected chi connectivity index (χ0v) is 18.8. The van der Waals surface area contributed by atoms with Crippen molar-refractivity contribution in [3.05, 3.63) is 51.8 Å². The molecular weight excluding hydrogens is 407 g/mol. The molecule has 0 fully saturated rings. The fourth-order valence-electron chi connectivity index (χ4n) is 2.87. The van der Waals surface area contributed by atoms with Gasteiger partial charge in [0, 0.05) is 6.42 Å². The lowest BCUT2D eigenvalue weighted by molar-refractivity contribution is 0.0957. The van der Waals surface area contributed by atoms with E-state index in [-0.39, 0.29) is 49.0 Å². The maximum atomic E-state index is 12.9. The second kappa shape index (κ2) is 10.7. The first-order chi connectivity index (χ1) is 14.1. The molecular formula is C20H31N4O5P. The minimum atomic E-state index is -3.42. The van der Waals surface area contributed by atoms with Crippen LogP contribution in [0.4, 0.5) is 11.8 Å². The monoisotopic (exact) mass is 438 g/mol. The first-order valence-electron chi connectivity index (χ1n) is 9.83. The summed E-state index contributed by atoms with van der Waals surface area (Å²) in [5.41, 5.74) is 12.8. The number of hydrogen-bond donors (Lipinski definition) is 2. The van der Waals surface area contributed by atoms with Crippen LogP contribution in [0.1, 0.15) is 38.8 Å². The second-order valence-corrected chi connectivity index (χ2v) is 9.31. The van der Waals surface area contributed by atoms with E-state index >= 15 is 0 Å². The van der Waals surface area contributed by atoms with Gasteiger partial charge in [-0.15, -0.1) is 0 Å². The van der Waals surface area contributed by atoms with Crippen LogP contribution >= 0.6 is 7.60 Å². The van der Waals surface area contributed by atoms with Crippen LogP contribution in [-0.4, -0.2) is 34.7 Å². The molecule has 0 aliphatic carbocycles. The zero-order chi connectivity index (χ0) is 22.3. The Morgan fingerprint density at radius 2 is 1.67 bits per heavy atom. The smallest absolute Gasteiger partial charge is 0.356 e. The van der Waals surface area contributed by atoms with Gasteiger partial charge in [0.2, 0.25) is 5.95 Å². The van der Waals surface area contributed by atoms with Gasteiger partial charge >= 0.3 is 7.60 Å². The second-order valence-electron chi connectivity index (χ2n) is 7.41. The molecule has 2 rings (SSSR count). The summed E-state index contributed by atoms with van der Waals surface area (Å²) in [5.74, 6) is 0.108. The van der Waals surface area contributed by atoms with E-state index in [0.29, 0.717) is 12.0 Å². The molecule has 1 heterocycles. The summed E-state index contributed by atoms with van der Waals surface area (Å²) in [5, 5.41) is 0. The zero-order valence-electron chi connectivity index (χ0n) is 17.9. The molecule has 0 atom stereocenters. The van der Waals surface area contributed by atoms with Gasteiger partial charge in [0.1, 0.15) is 12.2 Å². The lowest BCUT2D eigenvalue weighted by atomic mass is 10.1. The van der Waals surface area contributed by atoms with Gasteiger partial charge in [-0.1, -0.05) is 30.3 Å². The summed E-state index contributed by atoms with van der Waals surface area (Å²) in [7, 11) is -3.42. The molecule has 4 N–H and O–H groups in total. The maximum absolute atomic E-state index is 12.9. The quantitative estimate of drug-likeness (QED) is 0.404. The number of nitrogens with zero attached hydrogens (tertiary/aromatic N) is 2. The average Bonchev–Trinajstić information content (AvgIpc) is 2.63. The van der Waals surface area contributed by atoms with E-state index < -0.39 is 7.60 Å². The van der Waals surface area contributed by atoms with Crippen molar-refractivity contribution in [1.82, 2.24) is 9.55 Å². The number of benzene rings is 1. The molecule has 1 aromatic carbocycles. The van der Waals surface area contributed by atoms with Gasteiger partial charge in [-0.3, -0.25) is 13.9 Å². The topological polar surface area (TPSA) is 132 Å². The molecule has 0 radical (unpaired) electrons. The van der Waals surface area contributed by atoms with Crippen LogP contribution in [0.5, 0.6) is 0 Å². The molecule has 0 saturated carbocycles. The Kier molecular flexibility index (Phi) is 8.61. The van der Waals surface area contributed by atoms with Crippen molar-refractivity contribution >= 4 is 19.4 Å². The standard InChI is InChI=1S/C20H31N4O5P/c1-14(2)28-30(26,29-15(3)4)13-27-11-10-24-19(25)17(18(21)23-20(24)22)12-16-8-6-5-7-9-16/h5-9,14-15H,10-13,21H2,1-4H3,(H2,22,23). The highest BCUT2D eigenvalue weighted by Gasteiger charge is 2.28. The maximum Gasteiger partial charge on any atom is 0.356 e. The SMILES string of the molecule is CC(C)OP(=O)(COCCn1c(N)nc(N)c(Cc2ccccc2)c1=O)OC(C)C. The van der Waals surface area contributed by atoms with Crippen LogP contribution in [0.25, 0.3) is 0 Å². The van der Waals surface area contributed by atoms with E-state index in [1.165, 1.54) is 4.57 Å². The predicted molar refractivity (Wildman–Crippen MR) is 117 cm³/mol. The lowest BCUT2D eigenvalue weighted by Gasteiger charge is -2.22. The molecule has 0 saturated heterocycles. The van der Waals surface area contributed by atoms with Gasteiger partial charge in [0.25, 0.3) is 5.56 Å². The number of nitrogen functional groups attached to an aromatic ring is 2. The fourth-order valence-corrected chi connectivity index (χ4v) is 4.68. The minimum Gasteiger partial charge on any atom is -0.383 e. The normalized spacial score (nSPS) is 12.1. The third-order valence-corrected chi connectivity index (χ3v) is 5.98. The van der Waals surface area contributed by atoms with E-state index in [2.05, 4.69) is 4.98 Å². The molecule has 0 spiro atoms. The van der Waals surface area contributed by atoms with E-state index in [4.69, 9.17) is 25.3 Å². The van der Waals surface area contributed by atoms with Crippen molar-refractivity contribution in [3.8, 4) is 0 Å². The van der Waals surface area contributed by atoms with Crippen molar-refractivity contribution < 1.29 is 18.3 Å². The number of rotatable bonds is 11. The summed E-state index contributed by atoms with van der Waals surface area (Å²) in [6, 6.07) is 9.49. The van der Waals surface area contributed by atoms with Crippen LogP contribution < -0.4 is 17.0 Å². The number of aromatic nitrogens is 2. The van der Waals surface area contributed by atoms with Crippen LogP contribution in [0.2, 0.25) is 0 Å². The summed E-state index contributed by atoms with van der Waals surface area (Å²) >= 11 is 0. The molecule has 0 bridgehead atoms. The fraction of sp³-hybridized carbons (Fsp3) is 0.500. The van der Waals surface area contributed by atoms with E-state index in [1.807, 2.05) is 30.3 Å². The molecule has 10 heteroatoms. The third-order valence-electron chi connectivity index (χ3n) is 4.00. The van der Waals surface area contributed by atoms with Crippen LogP contribution in [-0.2, 0) is 31.3 Å². The summed E-state index contributed by atoms with van der Waals surface area (Å²) in [4.78, 5) is 17.0. The van der Waals surface area contributed by atoms with Gasteiger partial charge in [-0.2, -0.15) is 4.98 Å². The first kappa shape index (κ1) is 24.1. The van der Waals surface area contributed by atoms with Crippen molar-refractivity contribution in [1.29, 1.82) is 0 Å². The van der Waals surface area contributed by atoms with Gasteiger partial charge in [0.05, 0.1) is 30.9 Å². The summed E-state index contributed by atoms with van der Waals surface area (Å²) in [6.07, 6.45) is -0.437. The molecule has 1 aromatic heterocycles. The van der Waals surface area contributed by atoms with Gasteiger partial charge in [-0.25, -0.2) is 0 Å². The average molecular weight is 438 g/mol. The van der Waals surface area contributed by atoms with Crippen molar-refractivity contribution in [3.63, 3.8) is 0 Å². The Bertz CT molecular complexity index is 917. The van der Waals surface area contributed by atoms with Gasteiger partial charge < -0.3 is 25.3 Å². The number of hydrogen-bond acceptors (Lipinski definition) is 8. The van der Waals surface area contributed by atoms with E-state index in [1.54, 1.807) is 27.7 Å². The highest BCUT2D eigenvalue weighted by molar-refractivity contribution is 7.53. The molecule has 0 unspecified atom stereocenters. The van der Waals surface area contributed by atoms with Crippen LogP contribution in [0.3, 0.4) is 0 Å². The Hall–Kier alpha value is -2.19. The molecule has 2 aromatic rings. The van der Waals surface area contributed by atoms with E-state index in [0.717, 1.165) is 5.56 Å². The third kappa shape index (κ3) is 6.95. The Labute approximate surface area is 176 Å². The van der Waals surface area contributed by atoms with Crippen molar-refractivity contribution in [2.45, 2.75) is 52.9 Å². The van der Waals surface area contributed by atoms with Crippen molar-refractivity contribution in [2.24, 2.45) is 0 Å². The molecule has 9 nitrogen and oxygen atoms in total. The van der Waals surface area contributed by atoms with Crippen LogP contribution in [0.15, 0.2) is 35.1 Å². The molecule has 0 amide bonds. The molecule has 0 aliphatic rings. The number of nitrogens with two attached hydrogens (primary N) is 2. The van der Waals surface area contributed by atoms with Gasteiger partial charge in [0.15, 0.2) is 0 Å². The largest absolute Gasteiger partial charge is 0.383 e. The van der Waals surface area contributed by atoms with Crippen molar-refractivity contribution in [2.75, 3.05) is 24.4 Å². The Balaban J connectivity index is 2.08. The number of anilines is 2. The highest BCUT2D eigenvalue weighted by atomic mass is 31.2. The highest BCUT2D eigenvalue weighted by Crippen LogP contribution is 2.50. The Morgan fingerprint density at radius 3 is 2.23 bits per heavy atom. The molecule has 30 heavy (non-hydrogen) atoms. The predicted octanol–water partition coefficient (Wildman–Crippen LogP) is 3.02. The summed E-state index contributed by atoms with van der Waals surface area (Å²) < 4.78 is 30.5.